The summed E-state index contributed by atoms with van der Waals surface area (Å²) in [5, 5.41) is 0. The molecule has 0 amide bonds. The van der Waals surface area contributed by atoms with Crippen LogP contribution in [0, 0.1) is 0 Å². The third kappa shape index (κ3) is 8.59. The molecule has 0 saturated carbocycles. The molecule has 0 heterocycles. The van der Waals surface area contributed by atoms with E-state index in [9.17, 15) is 4.89 Å². The SMILES string of the molecule is CCCCc1ccc(-c2ccc(OPO)c(-c3ccc(CCCC)cc3CCCC)c2-c2ccccc2)c(CCCC)c1. The molecular formula is C40H51O2P. The Kier molecular flexibility index (Phi) is 13.3. The molecule has 0 aromatic heterocycles. The molecule has 0 spiro atoms. The van der Waals surface area contributed by atoms with Gasteiger partial charge in [-0.3, -0.25) is 0 Å². The molecule has 4 rings (SSSR count). The summed E-state index contributed by atoms with van der Waals surface area (Å²) in [7, 11) is -0.615. The maximum absolute atomic E-state index is 10.0. The minimum atomic E-state index is -0.615. The van der Waals surface area contributed by atoms with Crippen LogP contribution in [0.25, 0.3) is 33.4 Å². The molecule has 3 heteroatoms. The van der Waals surface area contributed by atoms with E-state index in [1.165, 1.54) is 88.6 Å². The molecule has 0 aliphatic carbocycles. The molecule has 1 atom stereocenters. The second-order valence-electron chi connectivity index (χ2n) is 11.8. The number of unbranched alkanes of at least 4 members (excludes halogenated alkanes) is 4. The molecule has 0 aliphatic heterocycles. The first kappa shape index (κ1) is 33.0. The molecule has 1 N–H and O–H groups in total. The van der Waals surface area contributed by atoms with E-state index < -0.39 is 9.03 Å². The van der Waals surface area contributed by atoms with Crippen molar-refractivity contribution in [1.82, 2.24) is 0 Å². The fourth-order valence-electron chi connectivity index (χ4n) is 6.14. The highest BCUT2D eigenvalue weighted by Gasteiger charge is 2.23. The van der Waals surface area contributed by atoms with Gasteiger partial charge in [0.15, 0.2) is 0 Å². The van der Waals surface area contributed by atoms with Crippen LogP contribution in [0.1, 0.15) is 101 Å². The summed E-state index contributed by atoms with van der Waals surface area (Å²) in [5.41, 5.74) is 12.9. The lowest BCUT2D eigenvalue weighted by Crippen LogP contribution is -2.01. The first-order chi connectivity index (χ1) is 21.1. The van der Waals surface area contributed by atoms with Crippen molar-refractivity contribution in [3.8, 4) is 39.1 Å². The van der Waals surface area contributed by atoms with Gasteiger partial charge in [-0.25, -0.2) is 0 Å². The highest BCUT2D eigenvalue weighted by atomic mass is 31.1. The third-order valence-electron chi connectivity index (χ3n) is 8.52. The summed E-state index contributed by atoms with van der Waals surface area (Å²) in [6, 6.07) is 29.3. The summed E-state index contributed by atoms with van der Waals surface area (Å²) in [6.07, 6.45) is 13.8. The highest BCUT2D eigenvalue weighted by Crippen LogP contribution is 2.48. The molecule has 4 aromatic carbocycles. The maximum Gasteiger partial charge on any atom is 0.212 e. The van der Waals surface area contributed by atoms with Gasteiger partial charge in [0, 0.05) is 11.1 Å². The fourth-order valence-corrected chi connectivity index (χ4v) is 6.40. The Balaban J connectivity index is 2.03. The number of hydrogen-bond donors (Lipinski definition) is 1. The summed E-state index contributed by atoms with van der Waals surface area (Å²) in [5.74, 6) is 0.747. The first-order valence-corrected chi connectivity index (χ1v) is 17.5. The molecular weight excluding hydrogens is 543 g/mol. The van der Waals surface area contributed by atoms with Gasteiger partial charge in [-0.15, -0.1) is 0 Å². The van der Waals surface area contributed by atoms with Crippen molar-refractivity contribution in [2.75, 3.05) is 0 Å². The predicted octanol–water partition coefficient (Wildman–Crippen LogP) is 11.9. The van der Waals surface area contributed by atoms with Gasteiger partial charge in [0.25, 0.3) is 0 Å². The van der Waals surface area contributed by atoms with E-state index in [0.717, 1.165) is 49.8 Å². The average molecular weight is 595 g/mol. The Bertz CT molecular complexity index is 1430. The molecule has 0 bridgehead atoms. The minimum absolute atomic E-state index is 0.615. The first-order valence-electron chi connectivity index (χ1n) is 16.7. The van der Waals surface area contributed by atoms with E-state index in [1.807, 2.05) is 0 Å². The van der Waals surface area contributed by atoms with Gasteiger partial charge in [-0.05, 0) is 102 Å². The van der Waals surface area contributed by atoms with Crippen LogP contribution in [-0.2, 0) is 25.7 Å². The monoisotopic (exact) mass is 594 g/mol. The Morgan fingerprint density at radius 1 is 0.535 bits per heavy atom. The van der Waals surface area contributed by atoms with Crippen LogP contribution in [0.3, 0.4) is 0 Å². The lowest BCUT2D eigenvalue weighted by Gasteiger charge is -2.23. The van der Waals surface area contributed by atoms with Gasteiger partial charge in [0.1, 0.15) is 5.75 Å². The quantitative estimate of drug-likeness (QED) is 0.123. The Morgan fingerprint density at radius 2 is 1.05 bits per heavy atom. The molecule has 0 saturated heterocycles. The van der Waals surface area contributed by atoms with Gasteiger partial charge >= 0.3 is 0 Å². The Morgan fingerprint density at radius 3 is 1.60 bits per heavy atom. The highest BCUT2D eigenvalue weighted by molar-refractivity contribution is 7.25. The average Bonchev–Trinajstić information content (AvgIpc) is 3.05. The third-order valence-corrected chi connectivity index (χ3v) is 8.83. The largest absolute Gasteiger partial charge is 0.449 e. The van der Waals surface area contributed by atoms with Crippen molar-refractivity contribution in [3.05, 3.63) is 101 Å². The van der Waals surface area contributed by atoms with E-state index >= 15 is 0 Å². The second-order valence-corrected chi connectivity index (χ2v) is 12.2. The van der Waals surface area contributed by atoms with Gasteiger partial charge < -0.3 is 9.42 Å². The van der Waals surface area contributed by atoms with Crippen molar-refractivity contribution in [1.29, 1.82) is 0 Å². The standard InChI is InChI=1S/C40H51O2P/c1-5-9-16-30-22-24-35(33(28-30)18-11-7-3)37-26-27-38(42-43-41)40(39(37)32-20-14-13-15-21-32)36-25-23-31(17-10-6-2)29-34(36)19-12-8-4/h13-15,20-29,41,43H,5-12,16-19H2,1-4H3. The van der Waals surface area contributed by atoms with Crippen LogP contribution in [0.15, 0.2) is 78.9 Å². The maximum atomic E-state index is 10.0. The lowest BCUT2D eigenvalue weighted by molar-refractivity contribution is 0.515. The number of rotatable bonds is 17. The van der Waals surface area contributed by atoms with Crippen molar-refractivity contribution in [2.24, 2.45) is 0 Å². The second kappa shape index (κ2) is 17.4. The van der Waals surface area contributed by atoms with E-state index in [2.05, 4.69) is 107 Å². The lowest BCUT2D eigenvalue weighted by atomic mass is 9.82. The molecule has 228 valence electrons. The van der Waals surface area contributed by atoms with Gasteiger partial charge in [0.2, 0.25) is 9.03 Å². The summed E-state index contributed by atoms with van der Waals surface area (Å²) < 4.78 is 6.04. The van der Waals surface area contributed by atoms with Crippen molar-refractivity contribution < 1.29 is 9.42 Å². The smallest absolute Gasteiger partial charge is 0.212 e. The number of aryl methyl sites for hydroxylation is 4. The van der Waals surface area contributed by atoms with E-state index in [1.54, 1.807) is 0 Å². The molecule has 4 aromatic rings. The molecule has 2 nitrogen and oxygen atoms in total. The molecule has 43 heavy (non-hydrogen) atoms. The van der Waals surface area contributed by atoms with Crippen LogP contribution in [-0.4, -0.2) is 4.89 Å². The Hall–Kier alpha value is -2.93. The summed E-state index contributed by atoms with van der Waals surface area (Å²) >= 11 is 0. The topological polar surface area (TPSA) is 29.5 Å². The van der Waals surface area contributed by atoms with E-state index in [-0.39, 0.29) is 0 Å². The zero-order chi connectivity index (χ0) is 30.4. The van der Waals surface area contributed by atoms with E-state index in [4.69, 9.17) is 4.52 Å². The van der Waals surface area contributed by atoms with Gasteiger partial charge in [-0.1, -0.05) is 126 Å². The van der Waals surface area contributed by atoms with Crippen LogP contribution >= 0.6 is 9.03 Å². The molecule has 1 unspecified atom stereocenters. The Labute approximate surface area is 262 Å². The number of hydrogen-bond acceptors (Lipinski definition) is 2. The zero-order valence-corrected chi connectivity index (χ0v) is 27.8. The predicted molar refractivity (Wildman–Crippen MR) is 188 cm³/mol. The molecule has 0 fully saturated rings. The van der Waals surface area contributed by atoms with Gasteiger partial charge in [0.05, 0.1) is 0 Å². The molecule has 0 radical (unpaired) electrons. The fraction of sp³-hybridized carbons (Fsp3) is 0.400. The van der Waals surface area contributed by atoms with Crippen molar-refractivity contribution in [3.63, 3.8) is 0 Å². The van der Waals surface area contributed by atoms with Crippen LogP contribution in [0.4, 0.5) is 0 Å². The minimum Gasteiger partial charge on any atom is -0.449 e. The molecule has 0 aliphatic rings. The summed E-state index contributed by atoms with van der Waals surface area (Å²) in [6.45, 7) is 9.06. The summed E-state index contributed by atoms with van der Waals surface area (Å²) in [4.78, 5) is 10.0. The normalized spacial score (nSPS) is 11.5. The van der Waals surface area contributed by atoms with Crippen LogP contribution < -0.4 is 4.52 Å². The van der Waals surface area contributed by atoms with Gasteiger partial charge in [-0.2, -0.15) is 0 Å². The van der Waals surface area contributed by atoms with Crippen molar-refractivity contribution in [2.45, 2.75) is 105 Å². The zero-order valence-electron chi connectivity index (χ0n) is 26.8. The number of benzene rings is 4. The van der Waals surface area contributed by atoms with Crippen LogP contribution in [0.2, 0.25) is 0 Å². The van der Waals surface area contributed by atoms with Crippen LogP contribution in [0.5, 0.6) is 5.75 Å². The van der Waals surface area contributed by atoms with E-state index in [0.29, 0.717) is 0 Å². The van der Waals surface area contributed by atoms with Crippen molar-refractivity contribution >= 4 is 9.03 Å².